The number of carbonyl (C=O) groups excluding carboxylic acids is 1. The number of benzene rings is 1. The van der Waals surface area contributed by atoms with Gasteiger partial charge in [0.2, 0.25) is 0 Å². The fraction of sp³-hybridized carbons (Fsp3) is 0.250. The third-order valence-corrected chi connectivity index (χ3v) is 3.08. The number of aliphatic hydroxyl groups excluding tert-OH is 1. The minimum absolute atomic E-state index is 0.187. The summed E-state index contributed by atoms with van der Waals surface area (Å²) in [5.74, 6) is -1.04. The lowest BCUT2D eigenvalue weighted by Crippen LogP contribution is -2.36. The lowest BCUT2D eigenvalue weighted by molar-refractivity contribution is 0.149. The molecule has 0 aliphatic heterocycles. The van der Waals surface area contributed by atoms with Crippen molar-refractivity contribution in [3.63, 3.8) is 0 Å². The van der Waals surface area contributed by atoms with Crippen molar-refractivity contribution in [2.24, 2.45) is 0 Å². The molecule has 0 saturated carbocycles. The van der Waals surface area contributed by atoms with E-state index < -0.39 is 23.8 Å². The SMILES string of the molecule is CC(O)CN(C)C(=O)Nc1ccc(-c2cc(F)cc(F)c2)cn1. The van der Waals surface area contributed by atoms with Gasteiger partial charge in [0.25, 0.3) is 0 Å². The summed E-state index contributed by atoms with van der Waals surface area (Å²) in [5, 5.41) is 11.8. The van der Waals surface area contributed by atoms with Crippen molar-refractivity contribution in [1.29, 1.82) is 0 Å². The monoisotopic (exact) mass is 321 g/mol. The molecule has 0 fully saturated rings. The first-order valence-electron chi connectivity index (χ1n) is 6.98. The molecule has 1 aromatic heterocycles. The number of amides is 2. The molecule has 1 aromatic carbocycles. The second-order valence-electron chi connectivity index (χ2n) is 5.25. The number of urea groups is 1. The molecule has 0 spiro atoms. The molecule has 0 saturated heterocycles. The van der Waals surface area contributed by atoms with E-state index in [1.54, 1.807) is 20.0 Å². The smallest absolute Gasteiger partial charge is 0.322 e. The van der Waals surface area contributed by atoms with Crippen LogP contribution in [0, 0.1) is 11.6 Å². The van der Waals surface area contributed by atoms with Crippen LogP contribution in [0.2, 0.25) is 0 Å². The van der Waals surface area contributed by atoms with Gasteiger partial charge in [0, 0.05) is 31.4 Å². The van der Waals surface area contributed by atoms with Gasteiger partial charge in [-0.25, -0.2) is 18.6 Å². The van der Waals surface area contributed by atoms with E-state index in [1.807, 2.05) is 0 Å². The Morgan fingerprint density at radius 3 is 2.43 bits per heavy atom. The van der Waals surface area contributed by atoms with E-state index in [0.717, 1.165) is 6.07 Å². The zero-order chi connectivity index (χ0) is 17.0. The van der Waals surface area contributed by atoms with E-state index in [2.05, 4.69) is 10.3 Å². The number of halogens is 2. The molecule has 0 aliphatic rings. The second-order valence-corrected chi connectivity index (χ2v) is 5.25. The van der Waals surface area contributed by atoms with Crippen LogP contribution >= 0.6 is 0 Å². The summed E-state index contributed by atoms with van der Waals surface area (Å²) in [5.41, 5.74) is 0.887. The summed E-state index contributed by atoms with van der Waals surface area (Å²) in [6.45, 7) is 1.77. The average Bonchev–Trinajstić information content (AvgIpc) is 2.46. The number of carbonyl (C=O) groups is 1. The fourth-order valence-corrected chi connectivity index (χ4v) is 2.04. The maximum Gasteiger partial charge on any atom is 0.322 e. The number of likely N-dealkylation sites (N-methyl/N-ethyl adjacent to an activating group) is 1. The van der Waals surface area contributed by atoms with Crippen LogP contribution in [0.4, 0.5) is 19.4 Å². The Kier molecular flexibility index (Phi) is 5.23. The highest BCUT2D eigenvalue weighted by molar-refractivity contribution is 5.88. The molecule has 5 nitrogen and oxygen atoms in total. The normalized spacial score (nSPS) is 11.9. The van der Waals surface area contributed by atoms with Crippen molar-refractivity contribution in [3.05, 3.63) is 48.2 Å². The van der Waals surface area contributed by atoms with Gasteiger partial charge >= 0.3 is 6.03 Å². The van der Waals surface area contributed by atoms with E-state index in [1.165, 1.54) is 29.3 Å². The zero-order valence-electron chi connectivity index (χ0n) is 12.8. The Morgan fingerprint density at radius 1 is 1.26 bits per heavy atom. The molecular weight excluding hydrogens is 304 g/mol. The fourth-order valence-electron chi connectivity index (χ4n) is 2.04. The van der Waals surface area contributed by atoms with E-state index in [-0.39, 0.29) is 6.54 Å². The summed E-state index contributed by atoms with van der Waals surface area (Å²) in [4.78, 5) is 17.2. The summed E-state index contributed by atoms with van der Waals surface area (Å²) < 4.78 is 26.4. The van der Waals surface area contributed by atoms with Gasteiger partial charge in [-0.2, -0.15) is 0 Å². The highest BCUT2D eigenvalue weighted by atomic mass is 19.1. The Labute approximate surface area is 132 Å². The van der Waals surface area contributed by atoms with E-state index in [4.69, 9.17) is 0 Å². The Hall–Kier alpha value is -2.54. The van der Waals surface area contributed by atoms with Gasteiger partial charge in [-0.05, 0) is 36.8 Å². The van der Waals surface area contributed by atoms with Gasteiger partial charge < -0.3 is 10.0 Å². The molecule has 2 amide bonds. The van der Waals surface area contributed by atoms with Crippen LogP contribution in [0.5, 0.6) is 0 Å². The van der Waals surface area contributed by atoms with Crippen molar-refractivity contribution in [2.75, 3.05) is 18.9 Å². The first-order chi connectivity index (χ1) is 10.8. The number of nitrogens with zero attached hydrogens (tertiary/aromatic N) is 2. The van der Waals surface area contributed by atoms with E-state index in [9.17, 15) is 18.7 Å². The molecule has 2 rings (SSSR count). The predicted octanol–water partition coefficient (Wildman–Crippen LogP) is 2.87. The van der Waals surface area contributed by atoms with Gasteiger partial charge in [-0.15, -0.1) is 0 Å². The van der Waals surface area contributed by atoms with Crippen LogP contribution in [0.25, 0.3) is 11.1 Å². The van der Waals surface area contributed by atoms with Crippen LogP contribution in [0.1, 0.15) is 6.92 Å². The summed E-state index contributed by atoms with van der Waals surface area (Å²) >= 11 is 0. The number of aliphatic hydroxyl groups is 1. The number of anilines is 1. The van der Waals surface area contributed by atoms with Crippen molar-refractivity contribution in [1.82, 2.24) is 9.88 Å². The minimum Gasteiger partial charge on any atom is -0.392 e. The van der Waals surface area contributed by atoms with Crippen molar-refractivity contribution in [3.8, 4) is 11.1 Å². The molecule has 1 heterocycles. The summed E-state index contributed by atoms with van der Waals surface area (Å²) in [6, 6.07) is 5.92. The number of hydrogen-bond acceptors (Lipinski definition) is 3. The van der Waals surface area contributed by atoms with Crippen LogP contribution in [0.15, 0.2) is 36.5 Å². The lowest BCUT2D eigenvalue weighted by atomic mass is 10.1. The van der Waals surface area contributed by atoms with Crippen molar-refractivity contribution in [2.45, 2.75) is 13.0 Å². The van der Waals surface area contributed by atoms with Gasteiger partial charge in [-0.3, -0.25) is 5.32 Å². The van der Waals surface area contributed by atoms with E-state index in [0.29, 0.717) is 16.9 Å². The van der Waals surface area contributed by atoms with Crippen molar-refractivity contribution >= 4 is 11.8 Å². The number of nitrogens with one attached hydrogen (secondary N) is 1. The first-order valence-corrected chi connectivity index (χ1v) is 6.98. The maximum atomic E-state index is 13.2. The third-order valence-electron chi connectivity index (χ3n) is 3.08. The molecule has 1 unspecified atom stereocenters. The van der Waals surface area contributed by atoms with Crippen LogP contribution < -0.4 is 5.32 Å². The zero-order valence-corrected chi connectivity index (χ0v) is 12.8. The molecule has 1 atom stereocenters. The molecule has 0 radical (unpaired) electrons. The molecular formula is C16H17F2N3O2. The molecule has 7 heteroatoms. The number of hydrogen-bond donors (Lipinski definition) is 2. The van der Waals surface area contributed by atoms with Crippen LogP contribution in [0.3, 0.4) is 0 Å². The van der Waals surface area contributed by atoms with Gasteiger partial charge in [0.15, 0.2) is 0 Å². The molecule has 2 N–H and O–H groups in total. The number of rotatable bonds is 4. The lowest BCUT2D eigenvalue weighted by Gasteiger charge is -2.19. The van der Waals surface area contributed by atoms with Crippen molar-refractivity contribution < 1.29 is 18.7 Å². The maximum absolute atomic E-state index is 13.2. The largest absolute Gasteiger partial charge is 0.392 e. The molecule has 0 bridgehead atoms. The highest BCUT2D eigenvalue weighted by Crippen LogP contribution is 2.22. The van der Waals surface area contributed by atoms with Crippen LogP contribution in [-0.4, -0.2) is 40.7 Å². The quantitative estimate of drug-likeness (QED) is 0.910. The van der Waals surface area contributed by atoms with Gasteiger partial charge in [-0.1, -0.05) is 0 Å². The third kappa shape index (κ3) is 4.72. The molecule has 2 aromatic rings. The molecule has 23 heavy (non-hydrogen) atoms. The van der Waals surface area contributed by atoms with E-state index >= 15 is 0 Å². The average molecular weight is 321 g/mol. The number of pyridine rings is 1. The number of aromatic nitrogens is 1. The van der Waals surface area contributed by atoms with Gasteiger partial charge in [0.1, 0.15) is 17.5 Å². The summed E-state index contributed by atoms with van der Waals surface area (Å²) in [7, 11) is 1.55. The van der Waals surface area contributed by atoms with Crippen LogP contribution in [-0.2, 0) is 0 Å². The highest BCUT2D eigenvalue weighted by Gasteiger charge is 2.11. The molecule has 122 valence electrons. The Morgan fingerprint density at radius 2 is 1.91 bits per heavy atom. The molecule has 0 aliphatic carbocycles. The first kappa shape index (κ1) is 16.8. The minimum atomic E-state index is -0.669. The standard InChI is InChI=1S/C16H17F2N3O2/c1-10(22)9-21(2)16(23)20-15-4-3-11(8-19-15)12-5-13(17)7-14(18)6-12/h3-8,10,22H,9H2,1-2H3,(H,19,20,23). The predicted molar refractivity (Wildman–Crippen MR) is 82.9 cm³/mol. The Bertz CT molecular complexity index is 670. The van der Waals surface area contributed by atoms with Gasteiger partial charge in [0.05, 0.1) is 6.10 Å². The second kappa shape index (κ2) is 7.15. The topological polar surface area (TPSA) is 65.5 Å². The Balaban J connectivity index is 2.09. The summed E-state index contributed by atoms with van der Waals surface area (Å²) in [6.07, 6.45) is 0.780.